The molecule has 0 radical (unpaired) electrons. The van der Waals surface area contributed by atoms with E-state index in [-0.39, 0.29) is 32.1 Å². The number of hydrogen-bond donors (Lipinski definition) is 1. The Bertz CT molecular complexity index is 1010. The van der Waals surface area contributed by atoms with Crippen LogP contribution < -0.4 is 4.72 Å². The van der Waals surface area contributed by atoms with E-state index in [1.54, 1.807) is 12.1 Å². The molecule has 128 valence electrons. The molecule has 0 fully saturated rings. The van der Waals surface area contributed by atoms with Crippen LogP contribution >= 0.6 is 23.2 Å². The number of nitrogens with one attached hydrogen (secondary N) is 1. The average Bonchev–Trinajstić information content (AvgIpc) is 2.58. The molecule has 0 saturated carbocycles. The number of anilines is 1. The molecule has 2 heterocycles. The monoisotopic (exact) mass is 397 g/mol. The van der Waals surface area contributed by atoms with Crippen LogP contribution in [0.4, 0.5) is 10.2 Å². The van der Waals surface area contributed by atoms with E-state index < -0.39 is 15.8 Å². The summed E-state index contributed by atoms with van der Waals surface area (Å²) in [6.45, 7) is 0. The summed E-state index contributed by atoms with van der Waals surface area (Å²) in [5.74, 6) is -0.656. The fraction of sp³-hybridized carbons (Fsp3) is 0. The number of pyridine rings is 2. The zero-order chi connectivity index (χ0) is 18.0. The summed E-state index contributed by atoms with van der Waals surface area (Å²) in [6, 6.07) is 11.4. The molecule has 25 heavy (non-hydrogen) atoms. The zero-order valence-corrected chi connectivity index (χ0v) is 14.8. The molecule has 0 amide bonds. The van der Waals surface area contributed by atoms with Gasteiger partial charge in [0.15, 0.2) is 5.03 Å². The third-order valence-corrected chi connectivity index (χ3v) is 5.09. The Labute approximate surface area is 153 Å². The summed E-state index contributed by atoms with van der Waals surface area (Å²) in [5, 5.41) is 0.0733. The fourth-order valence-electron chi connectivity index (χ4n) is 2.09. The molecule has 0 bridgehead atoms. The van der Waals surface area contributed by atoms with E-state index in [1.807, 2.05) is 0 Å². The van der Waals surface area contributed by atoms with Gasteiger partial charge >= 0.3 is 0 Å². The molecule has 3 rings (SSSR count). The summed E-state index contributed by atoms with van der Waals surface area (Å²) in [6.07, 6.45) is 1.36. The van der Waals surface area contributed by atoms with Gasteiger partial charge in [-0.3, -0.25) is 4.72 Å². The SMILES string of the molecule is O=S(=O)(Nc1ccc(Cl)c(-c2c(F)cccc2Cl)n1)c1ccccn1. The van der Waals surface area contributed by atoms with Gasteiger partial charge in [-0.1, -0.05) is 35.3 Å². The second kappa shape index (κ2) is 6.95. The minimum absolute atomic E-state index is 0.00643. The van der Waals surface area contributed by atoms with Gasteiger partial charge in [0.2, 0.25) is 0 Å². The van der Waals surface area contributed by atoms with Crippen LogP contribution in [-0.2, 0) is 10.0 Å². The van der Waals surface area contributed by atoms with Crippen molar-refractivity contribution in [1.29, 1.82) is 0 Å². The normalized spacial score (nSPS) is 11.3. The molecule has 5 nitrogen and oxygen atoms in total. The molecule has 2 aromatic heterocycles. The van der Waals surface area contributed by atoms with Crippen molar-refractivity contribution in [2.75, 3.05) is 4.72 Å². The summed E-state index contributed by atoms with van der Waals surface area (Å²) in [7, 11) is -3.94. The summed E-state index contributed by atoms with van der Waals surface area (Å²) < 4.78 is 41.0. The third kappa shape index (κ3) is 3.73. The first-order chi connectivity index (χ1) is 11.9. The number of benzene rings is 1. The lowest BCUT2D eigenvalue weighted by Crippen LogP contribution is -2.15. The number of nitrogens with zero attached hydrogens (tertiary/aromatic N) is 2. The predicted octanol–water partition coefficient (Wildman–Crippen LogP) is 4.39. The molecule has 0 aliphatic carbocycles. The van der Waals surface area contributed by atoms with Crippen LogP contribution in [0.2, 0.25) is 10.0 Å². The Morgan fingerprint density at radius 3 is 2.44 bits per heavy atom. The van der Waals surface area contributed by atoms with Crippen LogP contribution in [-0.4, -0.2) is 18.4 Å². The predicted molar refractivity (Wildman–Crippen MR) is 94.7 cm³/mol. The number of sulfonamides is 1. The zero-order valence-electron chi connectivity index (χ0n) is 12.4. The van der Waals surface area contributed by atoms with Gasteiger partial charge in [0.05, 0.1) is 21.3 Å². The quantitative estimate of drug-likeness (QED) is 0.708. The van der Waals surface area contributed by atoms with E-state index in [9.17, 15) is 12.8 Å². The van der Waals surface area contributed by atoms with Crippen molar-refractivity contribution < 1.29 is 12.8 Å². The molecule has 1 N–H and O–H groups in total. The topological polar surface area (TPSA) is 72.0 Å². The highest BCUT2D eigenvalue weighted by Gasteiger charge is 2.19. The van der Waals surface area contributed by atoms with Crippen LogP contribution in [0.15, 0.2) is 59.8 Å². The number of aromatic nitrogens is 2. The van der Waals surface area contributed by atoms with E-state index in [0.717, 1.165) is 0 Å². The Morgan fingerprint density at radius 1 is 0.960 bits per heavy atom. The Hall–Kier alpha value is -2.22. The van der Waals surface area contributed by atoms with Gasteiger partial charge in [0.1, 0.15) is 11.6 Å². The highest BCUT2D eigenvalue weighted by Crippen LogP contribution is 2.34. The standard InChI is InChI=1S/C16H10Cl2FN3O2S/c17-10-4-3-5-12(19)15(10)16-11(18)7-8-13(21-16)22-25(23,24)14-6-1-2-9-20-14/h1-9H,(H,21,22). The second-order valence-electron chi connectivity index (χ2n) is 4.90. The summed E-state index contributed by atoms with van der Waals surface area (Å²) >= 11 is 12.1. The maximum atomic E-state index is 14.1. The summed E-state index contributed by atoms with van der Waals surface area (Å²) in [4.78, 5) is 7.89. The Kier molecular flexibility index (Phi) is 4.89. The van der Waals surface area contributed by atoms with Gasteiger partial charge in [0.25, 0.3) is 10.0 Å². The Balaban J connectivity index is 2.04. The third-order valence-electron chi connectivity index (χ3n) is 3.20. The lowest BCUT2D eigenvalue weighted by Gasteiger charge is -2.11. The van der Waals surface area contributed by atoms with Crippen molar-refractivity contribution in [3.05, 3.63) is 70.6 Å². The first kappa shape index (κ1) is 17.6. The van der Waals surface area contributed by atoms with Crippen molar-refractivity contribution in [2.45, 2.75) is 5.03 Å². The van der Waals surface area contributed by atoms with Gasteiger partial charge in [-0.25, -0.2) is 14.4 Å². The van der Waals surface area contributed by atoms with Gasteiger partial charge in [0, 0.05) is 6.20 Å². The molecule has 0 saturated heterocycles. The van der Waals surface area contributed by atoms with Gasteiger partial charge in [-0.2, -0.15) is 8.42 Å². The smallest absolute Gasteiger partial charge is 0.262 e. The number of halogens is 3. The molecule has 9 heteroatoms. The van der Waals surface area contributed by atoms with Gasteiger partial charge in [-0.05, 0) is 36.4 Å². The number of hydrogen-bond acceptors (Lipinski definition) is 4. The maximum absolute atomic E-state index is 14.1. The molecule has 0 aliphatic rings. The highest BCUT2D eigenvalue weighted by atomic mass is 35.5. The molecule has 1 aromatic carbocycles. The van der Waals surface area contributed by atoms with E-state index in [2.05, 4.69) is 14.7 Å². The lowest BCUT2D eigenvalue weighted by atomic mass is 10.1. The van der Waals surface area contributed by atoms with Crippen molar-refractivity contribution in [3.8, 4) is 11.3 Å². The first-order valence-electron chi connectivity index (χ1n) is 6.93. The van der Waals surface area contributed by atoms with Crippen LogP contribution in [0, 0.1) is 5.82 Å². The molecular formula is C16H10Cl2FN3O2S. The van der Waals surface area contributed by atoms with Crippen LogP contribution in [0.1, 0.15) is 0 Å². The van der Waals surface area contributed by atoms with Gasteiger partial charge in [-0.15, -0.1) is 0 Å². The molecule has 0 spiro atoms. The number of rotatable bonds is 4. The fourth-order valence-corrected chi connectivity index (χ4v) is 3.50. The minimum atomic E-state index is -3.94. The second-order valence-corrected chi connectivity index (χ2v) is 7.34. The van der Waals surface area contributed by atoms with E-state index >= 15 is 0 Å². The van der Waals surface area contributed by atoms with E-state index in [4.69, 9.17) is 23.2 Å². The maximum Gasteiger partial charge on any atom is 0.280 e. The van der Waals surface area contributed by atoms with Crippen LogP contribution in [0.3, 0.4) is 0 Å². The van der Waals surface area contributed by atoms with E-state index in [0.29, 0.717) is 0 Å². The molecular weight excluding hydrogens is 388 g/mol. The molecule has 0 unspecified atom stereocenters. The van der Waals surface area contributed by atoms with Crippen molar-refractivity contribution in [2.24, 2.45) is 0 Å². The van der Waals surface area contributed by atoms with Crippen LogP contribution in [0.5, 0.6) is 0 Å². The lowest BCUT2D eigenvalue weighted by molar-refractivity contribution is 0.597. The molecule has 3 aromatic rings. The van der Waals surface area contributed by atoms with Crippen molar-refractivity contribution >= 4 is 39.0 Å². The average molecular weight is 398 g/mol. The minimum Gasteiger partial charge on any atom is -0.262 e. The van der Waals surface area contributed by atoms with Gasteiger partial charge < -0.3 is 0 Å². The van der Waals surface area contributed by atoms with Crippen molar-refractivity contribution in [1.82, 2.24) is 9.97 Å². The molecule has 0 aliphatic heterocycles. The van der Waals surface area contributed by atoms with Crippen molar-refractivity contribution in [3.63, 3.8) is 0 Å². The highest BCUT2D eigenvalue weighted by molar-refractivity contribution is 7.92. The summed E-state index contributed by atoms with van der Waals surface area (Å²) in [5.41, 5.74) is 0.0269. The molecule has 0 atom stereocenters. The Morgan fingerprint density at radius 2 is 1.76 bits per heavy atom. The largest absolute Gasteiger partial charge is 0.280 e. The van der Waals surface area contributed by atoms with Crippen LogP contribution in [0.25, 0.3) is 11.3 Å². The first-order valence-corrected chi connectivity index (χ1v) is 9.17. The van der Waals surface area contributed by atoms with E-state index in [1.165, 1.54) is 42.6 Å².